The summed E-state index contributed by atoms with van der Waals surface area (Å²) in [7, 11) is 0. The highest BCUT2D eigenvalue weighted by Gasteiger charge is 2.36. The van der Waals surface area contributed by atoms with Gasteiger partial charge in [-0.25, -0.2) is 0 Å². The third kappa shape index (κ3) is 5.40. The zero-order valence-corrected chi connectivity index (χ0v) is 19.4. The van der Waals surface area contributed by atoms with Crippen LogP contribution in [0.2, 0.25) is 10.0 Å². The van der Waals surface area contributed by atoms with Crippen LogP contribution in [0.25, 0.3) is 10.9 Å². The third-order valence-electron chi connectivity index (χ3n) is 5.76. The van der Waals surface area contributed by atoms with Gasteiger partial charge < -0.3 is 10.3 Å². The lowest BCUT2D eigenvalue weighted by molar-refractivity contribution is -0.138. The van der Waals surface area contributed by atoms with Crippen molar-refractivity contribution >= 4 is 40.0 Å². The van der Waals surface area contributed by atoms with Gasteiger partial charge in [0.1, 0.15) is 0 Å². The van der Waals surface area contributed by atoms with E-state index in [-0.39, 0.29) is 17.9 Å². The smallest absolute Gasteiger partial charge is 0.361 e. The molecule has 0 fully saturated rings. The number of halogens is 5. The number of rotatable bonds is 7. The quantitative estimate of drug-likeness (QED) is 0.271. The first kappa shape index (κ1) is 24.2. The van der Waals surface area contributed by atoms with Crippen molar-refractivity contribution in [2.45, 2.75) is 24.9 Å². The molecule has 0 aliphatic rings. The Balaban J connectivity index is 1.60. The number of H-pyrrole nitrogens is 1. The minimum Gasteiger partial charge on any atom is -0.361 e. The molecule has 1 amide bonds. The number of carbonyl (C=O) groups is 1. The molecule has 0 spiro atoms. The number of fused-ring (bicyclic) bond motifs is 1. The highest BCUT2D eigenvalue weighted by Crippen LogP contribution is 2.40. The summed E-state index contributed by atoms with van der Waals surface area (Å²) in [5.41, 5.74) is 1.58. The summed E-state index contributed by atoms with van der Waals surface area (Å²) in [5, 5.41) is 4.62. The van der Waals surface area contributed by atoms with Crippen LogP contribution in [-0.2, 0) is 17.4 Å². The highest BCUT2D eigenvalue weighted by molar-refractivity contribution is 6.35. The van der Waals surface area contributed by atoms with Gasteiger partial charge in [0, 0.05) is 46.0 Å². The van der Waals surface area contributed by atoms with Crippen molar-refractivity contribution in [2.24, 2.45) is 0 Å². The molecule has 1 heterocycles. The van der Waals surface area contributed by atoms with Crippen molar-refractivity contribution in [1.29, 1.82) is 0 Å². The largest absolute Gasteiger partial charge is 0.416 e. The van der Waals surface area contributed by atoms with E-state index in [9.17, 15) is 18.0 Å². The van der Waals surface area contributed by atoms with E-state index in [1.807, 2.05) is 24.3 Å². The second-order valence-corrected chi connectivity index (χ2v) is 8.81. The predicted octanol–water partition coefficient (Wildman–Crippen LogP) is 7.37. The number of para-hydroxylation sites is 1. The number of carbonyl (C=O) groups excluding carboxylic acids is 1. The van der Waals surface area contributed by atoms with Gasteiger partial charge in [0.25, 0.3) is 0 Å². The molecule has 0 saturated carbocycles. The third-order valence-corrected chi connectivity index (χ3v) is 6.35. The Kier molecular flexibility index (Phi) is 7.19. The van der Waals surface area contributed by atoms with E-state index in [1.165, 1.54) is 12.1 Å². The molecule has 0 aliphatic carbocycles. The van der Waals surface area contributed by atoms with E-state index in [0.717, 1.165) is 22.5 Å². The monoisotopic (exact) mass is 504 g/mol. The van der Waals surface area contributed by atoms with Crippen molar-refractivity contribution < 1.29 is 18.0 Å². The second-order valence-electron chi connectivity index (χ2n) is 7.97. The predicted molar refractivity (Wildman–Crippen MR) is 129 cm³/mol. The van der Waals surface area contributed by atoms with E-state index >= 15 is 0 Å². The van der Waals surface area contributed by atoms with Crippen molar-refractivity contribution in [3.63, 3.8) is 0 Å². The van der Waals surface area contributed by atoms with Gasteiger partial charge >= 0.3 is 6.18 Å². The fraction of sp³-hybridized carbons (Fsp3) is 0.192. The summed E-state index contributed by atoms with van der Waals surface area (Å²) in [4.78, 5) is 16.0. The van der Waals surface area contributed by atoms with Crippen LogP contribution in [-0.4, -0.2) is 17.4 Å². The number of aromatic amines is 1. The zero-order valence-electron chi connectivity index (χ0n) is 17.9. The molecule has 8 heteroatoms. The average Bonchev–Trinajstić information content (AvgIpc) is 3.22. The first-order chi connectivity index (χ1) is 16.2. The summed E-state index contributed by atoms with van der Waals surface area (Å²) >= 11 is 12.1. The average molecular weight is 505 g/mol. The Morgan fingerprint density at radius 1 is 0.971 bits per heavy atom. The van der Waals surface area contributed by atoms with Gasteiger partial charge in [-0.2, -0.15) is 13.2 Å². The van der Waals surface area contributed by atoms with E-state index < -0.39 is 17.7 Å². The number of amides is 1. The maximum atomic E-state index is 13.8. The van der Waals surface area contributed by atoms with Gasteiger partial charge in [-0.05, 0) is 47.4 Å². The Morgan fingerprint density at radius 2 is 1.71 bits per heavy atom. The molecule has 1 unspecified atom stereocenters. The van der Waals surface area contributed by atoms with Crippen LogP contribution < -0.4 is 5.32 Å². The molecule has 4 rings (SSSR count). The summed E-state index contributed by atoms with van der Waals surface area (Å²) in [6, 6.07) is 17.9. The van der Waals surface area contributed by atoms with Crippen molar-refractivity contribution in [3.8, 4) is 0 Å². The first-order valence-corrected chi connectivity index (χ1v) is 11.4. The topological polar surface area (TPSA) is 44.9 Å². The van der Waals surface area contributed by atoms with Gasteiger partial charge in [0.15, 0.2) is 0 Å². The second kappa shape index (κ2) is 10.1. The fourth-order valence-corrected chi connectivity index (χ4v) is 4.65. The number of hydrogen-bond donors (Lipinski definition) is 2. The molecule has 4 aromatic rings. The van der Waals surface area contributed by atoms with Crippen molar-refractivity contribution in [3.05, 3.63) is 105 Å². The fourth-order valence-electron chi connectivity index (χ4n) is 4.15. The van der Waals surface area contributed by atoms with Crippen LogP contribution in [0.5, 0.6) is 0 Å². The Labute approximate surface area is 204 Å². The molecule has 0 radical (unpaired) electrons. The molecular formula is C26H21Cl2F3N2O. The summed E-state index contributed by atoms with van der Waals surface area (Å²) < 4.78 is 41.5. The lowest BCUT2D eigenvalue weighted by Gasteiger charge is -2.21. The minimum absolute atomic E-state index is 0.0654. The number of nitrogens with one attached hydrogen (secondary N) is 2. The van der Waals surface area contributed by atoms with Crippen LogP contribution in [0.3, 0.4) is 0 Å². The summed E-state index contributed by atoms with van der Waals surface area (Å²) in [5.74, 6) is -1.13. The van der Waals surface area contributed by atoms with Crippen LogP contribution in [0.15, 0.2) is 72.9 Å². The van der Waals surface area contributed by atoms with E-state index in [2.05, 4.69) is 10.3 Å². The lowest BCUT2D eigenvalue weighted by Crippen LogP contribution is -2.28. The van der Waals surface area contributed by atoms with Gasteiger partial charge in [-0.3, -0.25) is 4.79 Å². The molecule has 0 bridgehead atoms. The molecule has 34 heavy (non-hydrogen) atoms. The molecule has 2 N–H and O–H groups in total. The normalized spacial score (nSPS) is 12.6. The number of alkyl halides is 3. The molecule has 1 atom stereocenters. The first-order valence-electron chi connectivity index (χ1n) is 10.7. The number of benzene rings is 3. The van der Waals surface area contributed by atoms with Crippen LogP contribution in [0.4, 0.5) is 13.2 Å². The highest BCUT2D eigenvalue weighted by atomic mass is 35.5. The SMILES string of the molecule is O=C(CC(c1ccccc1C(F)(F)F)c1c[nH]c2ccccc12)NCCc1ccc(Cl)cc1Cl. The Morgan fingerprint density at radius 3 is 2.47 bits per heavy atom. The standard InChI is InChI=1S/C26H21Cl2F3N2O/c27-17-10-9-16(23(28)13-17)11-12-32-25(34)14-20(18-5-1-3-7-22(18)26(29,30)31)21-15-33-24-8-4-2-6-19(21)24/h1-10,13,15,20,33H,11-12,14H2,(H,32,34). The van der Waals surface area contributed by atoms with E-state index in [1.54, 1.807) is 30.5 Å². The number of hydrogen-bond acceptors (Lipinski definition) is 1. The zero-order chi connectivity index (χ0) is 24.3. The molecule has 0 saturated heterocycles. The molecule has 3 nitrogen and oxygen atoms in total. The maximum absolute atomic E-state index is 13.8. The molecular weight excluding hydrogens is 484 g/mol. The molecule has 176 valence electrons. The Hall–Kier alpha value is -2.96. The van der Waals surface area contributed by atoms with Gasteiger partial charge in [0.05, 0.1) is 5.56 Å². The lowest BCUT2D eigenvalue weighted by atomic mass is 9.85. The summed E-state index contributed by atoms with van der Waals surface area (Å²) in [6.07, 6.45) is -2.52. The van der Waals surface area contributed by atoms with Crippen LogP contribution in [0, 0.1) is 0 Å². The van der Waals surface area contributed by atoms with E-state index in [0.29, 0.717) is 28.6 Å². The molecule has 0 aliphatic heterocycles. The molecule has 3 aromatic carbocycles. The maximum Gasteiger partial charge on any atom is 0.416 e. The Bertz CT molecular complexity index is 1320. The van der Waals surface area contributed by atoms with E-state index in [4.69, 9.17) is 23.2 Å². The van der Waals surface area contributed by atoms with Crippen molar-refractivity contribution in [1.82, 2.24) is 10.3 Å². The van der Waals surface area contributed by atoms with Gasteiger partial charge in [-0.15, -0.1) is 0 Å². The van der Waals surface area contributed by atoms with Crippen molar-refractivity contribution in [2.75, 3.05) is 6.54 Å². The van der Waals surface area contributed by atoms with Crippen LogP contribution in [0.1, 0.15) is 34.6 Å². The molecule has 1 aromatic heterocycles. The van der Waals surface area contributed by atoms with Crippen LogP contribution >= 0.6 is 23.2 Å². The van der Waals surface area contributed by atoms with Gasteiger partial charge in [0.2, 0.25) is 5.91 Å². The summed E-state index contributed by atoms with van der Waals surface area (Å²) in [6.45, 7) is 0.293. The number of aromatic nitrogens is 1. The minimum atomic E-state index is -4.54. The van der Waals surface area contributed by atoms with Gasteiger partial charge in [-0.1, -0.05) is 65.7 Å².